The van der Waals surface area contributed by atoms with Gasteiger partial charge in [-0.15, -0.1) is 0 Å². The van der Waals surface area contributed by atoms with E-state index in [4.69, 9.17) is 4.74 Å². The van der Waals surface area contributed by atoms with Crippen molar-refractivity contribution in [3.8, 4) is 5.75 Å². The van der Waals surface area contributed by atoms with Gasteiger partial charge in [0.1, 0.15) is 12.4 Å². The lowest BCUT2D eigenvalue weighted by molar-refractivity contribution is 0.153. The number of rotatable bonds is 5. The first-order chi connectivity index (χ1) is 10.2. The fraction of sp³-hybridized carbons (Fsp3) is 0.667. The van der Waals surface area contributed by atoms with Gasteiger partial charge < -0.3 is 15.0 Å². The van der Waals surface area contributed by atoms with Crippen LogP contribution in [0.1, 0.15) is 38.2 Å². The van der Waals surface area contributed by atoms with Crippen LogP contribution in [0.3, 0.4) is 0 Å². The molecule has 0 unspecified atom stereocenters. The number of nitrogens with one attached hydrogen (secondary N) is 1. The summed E-state index contributed by atoms with van der Waals surface area (Å²) in [7, 11) is 0. The number of hydrogen-bond acceptors (Lipinski definition) is 3. The molecule has 0 bridgehead atoms. The normalized spacial score (nSPS) is 27.3. The molecule has 1 N–H and O–H groups in total. The zero-order chi connectivity index (χ0) is 14.7. The van der Waals surface area contributed by atoms with Gasteiger partial charge in [0.2, 0.25) is 0 Å². The Morgan fingerprint density at radius 1 is 1.29 bits per heavy atom. The van der Waals surface area contributed by atoms with Crippen LogP contribution in [0.25, 0.3) is 0 Å². The fourth-order valence-corrected chi connectivity index (χ4v) is 3.76. The van der Waals surface area contributed by atoms with Crippen molar-refractivity contribution < 1.29 is 4.74 Å². The van der Waals surface area contributed by atoms with Crippen LogP contribution in [0, 0.1) is 6.92 Å². The minimum Gasteiger partial charge on any atom is -0.492 e. The molecule has 0 saturated carbocycles. The van der Waals surface area contributed by atoms with Gasteiger partial charge in [0.15, 0.2) is 0 Å². The number of para-hydroxylation sites is 1. The molecule has 2 heterocycles. The molecule has 3 rings (SSSR count). The van der Waals surface area contributed by atoms with E-state index in [9.17, 15) is 0 Å². The molecule has 21 heavy (non-hydrogen) atoms. The van der Waals surface area contributed by atoms with Gasteiger partial charge in [0, 0.05) is 18.1 Å². The quantitative estimate of drug-likeness (QED) is 0.901. The maximum Gasteiger partial charge on any atom is 0.122 e. The second kappa shape index (κ2) is 6.80. The highest BCUT2D eigenvalue weighted by Gasteiger charge is 2.31. The molecule has 0 aromatic heterocycles. The number of hydrogen-bond donors (Lipinski definition) is 1. The summed E-state index contributed by atoms with van der Waals surface area (Å²) in [6, 6.07) is 10.2. The Labute approximate surface area is 128 Å². The molecule has 2 aliphatic heterocycles. The molecular formula is C18H28N2O. The largest absolute Gasteiger partial charge is 0.492 e. The zero-order valence-electron chi connectivity index (χ0n) is 13.3. The Balaban J connectivity index is 1.44. The number of nitrogens with zero attached hydrogens (tertiary/aromatic N) is 1. The maximum absolute atomic E-state index is 5.95. The van der Waals surface area contributed by atoms with Crippen molar-refractivity contribution in [2.24, 2.45) is 0 Å². The van der Waals surface area contributed by atoms with Gasteiger partial charge in [-0.2, -0.15) is 0 Å². The summed E-state index contributed by atoms with van der Waals surface area (Å²) in [4.78, 5) is 2.67. The number of ether oxygens (including phenoxy) is 1. The molecule has 2 aliphatic rings. The van der Waals surface area contributed by atoms with Crippen molar-refractivity contribution in [2.45, 2.75) is 57.7 Å². The van der Waals surface area contributed by atoms with E-state index in [0.717, 1.165) is 18.4 Å². The van der Waals surface area contributed by atoms with Crippen LogP contribution in [0.15, 0.2) is 24.3 Å². The van der Waals surface area contributed by atoms with Gasteiger partial charge in [-0.05, 0) is 64.3 Å². The van der Waals surface area contributed by atoms with Gasteiger partial charge in [-0.3, -0.25) is 0 Å². The average molecular weight is 288 g/mol. The van der Waals surface area contributed by atoms with Gasteiger partial charge in [-0.1, -0.05) is 18.2 Å². The molecule has 0 radical (unpaired) electrons. The zero-order valence-corrected chi connectivity index (χ0v) is 13.3. The van der Waals surface area contributed by atoms with E-state index >= 15 is 0 Å². The van der Waals surface area contributed by atoms with Crippen molar-refractivity contribution in [1.82, 2.24) is 10.2 Å². The third-order valence-electron chi connectivity index (χ3n) is 4.92. The first-order valence-electron chi connectivity index (χ1n) is 8.41. The van der Waals surface area contributed by atoms with E-state index in [1.807, 2.05) is 6.07 Å². The predicted molar refractivity (Wildman–Crippen MR) is 86.9 cm³/mol. The molecule has 3 heteroatoms. The summed E-state index contributed by atoms with van der Waals surface area (Å²) in [6.07, 6.45) is 5.38. The minimum absolute atomic E-state index is 0.405. The van der Waals surface area contributed by atoms with Crippen LogP contribution in [0.4, 0.5) is 0 Å². The van der Waals surface area contributed by atoms with Crippen molar-refractivity contribution in [3.05, 3.63) is 29.8 Å². The molecule has 1 aromatic rings. The summed E-state index contributed by atoms with van der Waals surface area (Å²) in [5.41, 5.74) is 1.21. The topological polar surface area (TPSA) is 24.5 Å². The second-order valence-corrected chi connectivity index (χ2v) is 6.70. The van der Waals surface area contributed by atoms with E-state index in [2.05, 4.69) is 42.3 Å². The highest BCUT2D eigenvalue weighted by molar-refractivity contribution is 5.31. The summed E-state index contributed by atoms with van der Waals surface area (Å²) in [5.74, 6) is 1.01. The molecule has 3 nitrogen and oxygen atoms in total. The van der Waals surface area contributed by atoms with Crippen LogP contribution in [-0.2, 0) is 0 Å². The van der Waals surface area contributed by atoms with E-state index < -0.39 is 0 Å². The van der Waals surface area contributed by atoms with Gasteiger partial charge in [0.25, 0.3) is 0 Å². The molecule has 3 atom stereocenters. The summed E-state index contributed by atoms with van der Waals surface area (Å²) in [5, 5.41) is 3.77. The third-order valence-corrected chi connectivity index (χ3v) is 4.92. The first-order valence-corrected chi connectivity index (χ1v) is 8.41. The molecule has 1 aromatic carbocycles. The SMILES string of the molecule is Cc1ccccc1OC[C@@H](C)N[C@H]1CCN2CCC[C@@H]2C1. The second-order valence-electron chi connectivity index (χ2n) is 6.70. The minimum atomic E-state index is 0.405. The average Bonchev–Trinajstić information content (AvgIpc) is 2.94. The maximum atomic E-state index is 5.95. The third kappa shape index (κ3) is 3.78. The summed E-state index contributed by atoms with van der Waals surface area (Å²) < 4.78 is 5.95. The first kappa shape index (κ1) is 14.9. The summed E-state index contributed by atoms with van der Waals surface area (Å²) in [6.45, 7) is 7.68. The van der Waals surface area contributed by atoms with E-state index in [0.29, 0.717) is 12.1 Å². The Morgan fingerprint density at radius 2 is 2.14 bits per heavy atom. The van der Waals surface area contributed by atoms with Crippen LogP contribution >= 0.6 is 0 Å². The lowest BCUT2D eigenvalue weighted by atomic mass is 9.97. The molecular weight excluding hydrogens is 260 g/mol. The Morgan fingerprint density at radius 3 is 3.00 bits per heavy atom. The van der Waals surface area contributed by atoms with Gasteiger partial charge >= 0.3 is 0 Å². The number of benzene rings is 1. The molecule has 0 amide bonds. The lowest BCUT2D eigenvalue weighted by Crippen LogP contribution is -2.49. The van der Waals surface area contributed by atoms with E-state index in [-0.39, 0.29) is 0 Å². The number of fused-ring (bicyclic) bond motifs is 1. The van der Waals surface area contributed by atoms with Crippen molar-refractivity contribution >= 4 is 0 Å². The van der Waals surface area contributed by atoms with Crippen LogP contribution < -0.4 is 10.1 Å². The van der Waals surface area contributed by atoms with Crippen LogP contribution in [0.2, 0.25) is 0 Å². The number of aryl methyl sites for hydroxylation is 1. The van der Waals surface area contributed by atoms with E-state index in [1.165, 1.54) is 44.3 Å². The van der Waals surface area contributed by atoms with Crippen molar-refractivity contribution in [2.75, 3.05) is 19.7 Å². The summed E-state index contributed by atoms with van der Waals surface area (Å²) >= 11 is 0. The Hall–Kier alpha value is -1.06. The monoisotopic (exact) mass is 288 g/mol. The van der Waals surface area contributed by atoms with Crippen molar-refractivity contribution in [1.29, 1.82) is 0 Å². The lowest BCUT2D eigenvalue weighted by Gasteiger charge is -2.36. The van der Waals surface area contributed by atoms with Crippen LogP contribution in [-0.4, -0.2) is 42.7 Å². The van der Waals surface area contributed by atoms with Crippen molar-refractivity contribution in [3.63, 3.8) is 0 Å². The molecule has 0 aliphatic carbocycles. The number of piperidine rings is 1. The molecule has 2 fully saturated rings. The Bertz CT molecular complexity index is 462. The Kier molecular flexibility index (Phi) is 4.81. The highest BCUT2D eigenvalue weighted by Crippen LogP contribution is 2.27. The highest BCUT2D eigenvalue weighted by atomic mass is 16.5. The molecule has 0 spiro atoms. The molecule has 116 valence electrons. The van der Waals surface area contributed by atoms with E-state index in [1.54, 1.807) is 0 Å². The predicted octanol–water partition coefficient (Wildman–Crippen LogP) is 2.98. The van der Waals surface area contributed by atoms with Crippen LogP contribution in [0.5, 0.6) is 5.75 Å². The molecule has 2 saturated heterocycles. The smallest absolute Gasteiger partial charge is 0.122 e. The fourth-order valence-electron chi connectivity index (χ4n) is 3.76. The van der Waals surface area contributed by atoms with Gasteiger partial charge in [0.05, 0.1) is 0 Å². The van der Waals surface area contributed by atoms with Gasteiger partial charge in [-0.25, -0.2) is 0 Å². The standard InChI is InChI=1S/C18H28N2O/c1-14-6-3-4-8-18(14)21-13-15(2)19-16-9-11-20-10-5-7-17(20)12-16/h3-4,6,8,15-17,19H,5,7,9-13H2,1-2H3/t15-,16+,17-/m1/s1.